The molecule has 0 bridgehead atoms. The number of nitriles is 1. The van der Waals surface area contributed by atoms with E-state index in [0.29, 0.717) is 6.61 Å². The number of fused-ring (bicyclic) bond motifs is 1. The Hall–Kier alpha value is -2.08. The number of esters is 1. The lowest BCUT2D eigenvalue weighted by Crippen LogP contribution is -2.14. The number of rotatable bonds is 2. The first-order valence-electron chi connectivity index (χ1n) is 5.61. The molecule has 0 unspecified atom stereocenters. The Labute approximate surface area is 99.3 Å². The summed E-state index contributed by atoms with van der Waals surface area (Å²) in [4.78, 5) is 11.5. The zero-order chi connectivity index (χ0) is 11.9. The van der Waals surface area contributed by atoms with Crippen molar-refractivity contribution in [1.82, 2.24) is 0 Å². The minimum Gasteiger partial charge on any atom is -0.464 e. The molecule has 1 aliphatic heterocycles. The highest BCUT2D eigenvalue weighted by Crippen LogP contribution is 2.63. The predicted molar refractivity (Wildman–Crippen MR) is 61.5 cm³/mol. The summed E-state index contributed by atoms with van der Waals surface area (Å²) in [6.45, 7) is 0.385. The van der Waals surface area contributed by atoms with Crippen LogP contribution >= 0.6 is 0 Å². The van der Waals surface area contributed by atoms with E-state index in [1.807, 2.05) is 42.5 Å². The van der Waals surface area contributed by atoms with Crippen molar-refractivity contribution in [2.75, 3.05) is 6.61 Å². The standard InChI is InChI=1S/C14H11NO2/c15-9-14-11(12(14)8-17-13(14)16)7-6-10-4-2-1-3-5-10/h1-7,11-12H,8H2/b7-6+/t11-,12-,14+/m0/s1. The lowest BCUT2D eigenvalue weighted by atomic mass is 10.1. The number of allylic oxidation sites excluding steroid dienone is 1. The molecule has 0 spiro atoms. The molecule has 1 heterocycles. The van der Waals surface area contributed by atoms with Crippen LogP contribution < -0.4 is 0 Å². The van der Waals surface area contributed by atoms with E-state index in [9.17, 15) is 4.79 Å². The molecule has 1 saturated carbocycles. The monoisotopic (exact) mass is 225 g/mol. The second kappa shape index (κ2) is 3.46. The molecule has 2 fully saturated rings. The van der Waals surface area contributed by atoms with Gasteiger partial charge in [0, 0.05) is 11.8 Å². The van der Waals surface area contributed by atoms with Crippen molar-refractivity contribution in [2.24, 2.45) is 17.3 Å². The Balaban J connectivity index is 1.80. The first kappa shape index (κ1) is 10.1. The van der Waals surface area contributed by atoms with Gasteiger partial charge < -0.3 is 4.74 Å². The summed E-state index contributed by atoms with van der Waals surface area (Å²) in [5.74, 6) is -0.276. The number of hydrogen-bond donors (Lipinski definition) is 0. The minimum absolute atomic E-state index is 0.0222. The van der Waals surface area contributed by atoms with Crippen LogP contribution in [0.2, 0.25) is 0 Å². The number of hydrogen-bond acceptors (Lipinski definition) is 3. The number of benzene rings is 1. The summed E-state index contributed by atoms with van der Waals surface area (Å²) in [6, 6.07) is 12.0. The van der Waals surface area contributed by atoms with Crippen molar-refractivity contribution < 1.29 is 9.53 Å². The molecule has 17 heavy (non-hydrogen) atoms. The number of nitrogens with zero attached hydrogens (tertiary/aromatic N) is 1. The molecule has 1 aliphatic carbocycles. The zero-order valence-corrected chi connectivity index (χ0v) is 9.17. The van der Waals surface area contributed by atoms with Crippen molar-refractivity contribution in [3.8, 4) is 6.07 Å². The highest BCUT2D eigenvalue weighted by Gasteiger charge is 2.74. The first-order chi connectivity index (χ1) is 8.29. The van der Waals surface area contributed by atoms with Crippen LogP contribution in [0, 0.1) is 28.6 Å². The Morgan fingerprint density at radius 1 is 1.41 bits per heavy atom. The number of ether oxygens (including phenoxy) is 1. The lowest BCUT2D eigenvalue weighted by molar-refractivity contribution is -0.143. The molecular weight excluding hydrogens is 214 g/mol. The SMILES string of the molecule is N#C[C@]12C(=O)OC[C@H]1[C@@H]2/C=C/c1ccccc1. The average Bonchev–Trinajstić information content (AvgIpc) is 2.90. The molecule has 1 aromatic rings. The van der Waals surface area contributed by atoms with E-state index in [1.165, 1.54) is 0 Å². The Bertz CT molecular complexity index is 529. The molecular formula is C14H11NO2. The van der Waals surface area contributed by atoms with Gasteiger partial charge in [0.05, 0.1) is 12.7 Å². The minimum atomic E-state index is -0.884. The molecule has 3 atom stereocenters. The summed E-state index contributed by atoms with van der Waals surface area (Å²) in [6.07, 6.45) is 3.93. The zero-order valence-electron chi connectivity index (χ0n) is 9.17. The summed E-state index contributed by atoms with van der Waals surface area (Å²) in [5, 5.41) is 9.12. The fourth-order valence-electron chi connectivity index (χ4n) is 2.56. The maximum Gasteiger partial charge on any atom is 0.327 e. The number of cyclic esters (lactones) is 1. The maximum absolute atomic E-state index is 11.5. The third-order valence-corrected chi connectivity index (χ3v) is 3.65. The van der Waals surface area contributed by atoms with Crippen molar-refractivity contribution in [1.29, 1.82) is 5.26 Å². The molecule has 1 saturated heterocycles. The van der Waals surface area contributed by atoms with Gasteiger partial charge in [-0.3, -0.25) is 4.79 Å². The molecule has 2 aliphatic rings. The second-order valence-corrected chi connectivity index (χ2v) is 4.48. The molecule has 1 aromatic carbocycles. The van der Waals surface area contributed by atoms with E-state index in [1.54, 1.807) is 0 Å². The van der Waals surface area contributed by atoms with Crippen molar-refractivity contribution in [3.63, 3.8) is 0 Å². The van der Waals surface area contributed by atoms with Gasteiger partial charge >= 0.3 is 5.97 Å². The van der Waals surface area contributed by atoms with Gasteiger partial charge in [-0.25, -0.2) is 0 Å². The van der Waals surface area contributed by atoms with Gasteiger partial charge in [0.1, 0.15) is 0 Å². The van der Waals surface area contributed by atoms with Crippen LogP contribution in [0.25, 0.3) is 6.08 Å². The molecule has 3 rings (SSSR count). The Kier molecular flexibility index (Phi) is 2.05. The van der Waals surface area contributed by atoms with Gasteiger partial charge in [-0.2, -0.15) is 5.26 Å². The van der Waals surface area contributed by atoms with Gasteiger partial charge in [0.2, 0.25) is 0 Å². The van der Waals surface area contributed by atoms with E-state index in [4.69, 9.17) is 10.00 Å². The van der Waals surface area contributed by atoms with Crippen LogP contribution in [-0.2, 0) is 9.53 Å². The van der Waals surface area contributed by atoms with Gasteiger partial charge in [0.15, 0.2) is 5.41 Å². The fourth-order valence-corrected chi connectivity index (χ4v) is 2.56. The highest BCUT2D eigenvalue weighted by atomic mass is 16.5. The molecule has 84 valence electrons. The maximum atomic E-state index is 11.5. The third-order valence-electron chi connectivity index (χ3n) is 3.65. The van der Waals surface area contributed by atoms with Crippen LogP contribution in [0.5, 0.6) is 0 Å². The molecule has 3 nitrogen and oxygen atoms in total. The summed E-state index contributed by atoms with van der Waals surface area (Å²) < 4.78 is 4.90. The van der Waals surface area contributed by atoms with E-state index in [0.717, 1.165) is 5.56 Å². The predicted octanol–water partition coefficient (Wildman–Crippen LogP) is 2.01. The molecule has 0 radical (unpaired) electrons. The van der Waals surface area contributed by atoms with Gasteiger partial charge in [-0.15, -0.1) is 0 Å². The summed E-state index contributed by atoms with van der Waals surface area (Å²) in [7, 11) is 0. The number of carbonyl (C=O) groups is 1. The quantitative estimate of drug-likeness (QED) is 0.723. The average molecular weight is 225 g/mol. The molecule has 0 N–H and O–H groups in total. The van der Waals surface area contributed by atoms with E-state index in [2.05, 4.69) is 6.07 Å². The lowest BCUT2D eigenvalue weighted by Gasteiger charge is -2.02. The van der Waals surface area contributed by atoms with Crippen molar-refractivity contribution in [3.05, 3.63) is 42.0 Å². The Morgan fingerprint density at radius 3 is 2.82 bits per heavy atom. The van der Waals surface area contributed by atoms with Crippen LogP contribution in [0.4, 0.5) is 0 Å². The molecule has 0 aromatic heterocycles. The van der Waals surface area contributed by atoms with E-state index < -0.39 is 5.41 Å². The normalized spacial score (nSPS) is 34.2. The smallest absolute Gasteiger partial charge is 0.327 e. The van der Waals surface area contributed by atoms with Gasteiger partial charge in [-0.05, 0) is 5.56 Å². The van der Waals surface area contributed by atoms with E-state index >= 15 is 0 Å². The van der Waals surface area contributed by atoms with Crippen LogP contribution in [-0.4, -0.2) is 12.6 Å². The van der Waals surface area contributed by atoms with Crippen molar-refractivity contribution >= 4 is 12.0 Å². The van der Waals surface area contributed by atoms with Gasteiger partial charge in [-0.1, -0.05) is 42.5 Å². The Morgan fingerprint density at radius 2 is 2.18 bits per heavy atom. The first-order valence-corrected chi connectivity index (χ1v) is 5.61. The molecule has 3 heteroatoms. The highest BCUT2D eigenvalue weighted by molar-refractivity contribution is 5.88. The number of carbonyl (C=O) groups excluding carboxylic acids is 1. The third kappa shape index (κ3) is 1.31. The van der Waals surface area contributed by atoms with Crippen LogP contribution in [0.15, 0.2) is 36.4 Å². The largest absolute Gasteiger partial charge is 0.464 e. The van der Waals surface area contributed by atoms with Crippen LogP contribution in [0.1, 0.15) is 5.56 Å². The van der Waals surface area contributed by atoms with E-state index in [-0.39, 0.29) is 17.8 Å². The van der Waals surface area contributed by atoms with Crippen molar-refractivity contribution in [2.45, 2.75) is 0 Å². The summed E-state index contributed by atoms with van der Waals surface area (Å²) >= 11 is 0. The molecule has 0 amide bonds. The topological polar surface area (TPSA) is 50.1 Å². The fraction of sp³-hybridized carbons (Fsp3) is 0.286. The van der Waals surface area contributed by atoms with Crippen LogP contribution in [0.3, 0.4) is 0 Å². The summed E-state index contributed by atoms with van der Waals surface area (Å²) in [5.41, 5.74) is 0.199. The van der Waals surface area contributed by atoms with Gasteiger partial charge in [0.25, 0.3) is 0 Å². The second-order valence-electron chi connectivity index (χ2n) is 4.48.